The second-order valence-electron chi connectivity index (χ2n) is 4.24. The fourth-order valence-electron chi connectivity index (χ4n) is 2.00. The lowest BCUT2D eigenvalue weighted by molar-refractivity contribution is 0.245. The molecule has 1 saturated heterocycles. The fourth-order valence-corrected chi connectivity index (χ4v) is 2.73. The lowest BCUT2D eigenvalue weighted by Crippen LogP contribution is -2.43. The van der Waals surface area contributed by atoms with Gasteiger partial charge in [-0.1, -0.05) is 12.1 Å². The van der Waals surface area contributed by atoms with E-state index < -0.39 is 0 Å². The van der Waals surface area contributed by atoms with Gasteiger partial charge in [0.2, 0.25) is 0 Å². The molecule has 1 fully saturated rings. The van der Waals surface area contributed by atoms with Crippen molar-refractivity contribution in [2.75, 3.05) is 32.7 Å². The smallest absolute Gasteiger partial charge is 0.0296 e. The van der Waals surface area contributed by atoms with E-state index in [1.165, 1.54) is 36.5 Å². The zero-order valence-electron chi connectivity index (χ0n) is 9.91. The zero-order valence-corrected chi connectivity index (χ0v) is 10.7. The number of hydrogen-bond acceptors (Lipinski definition) is 3. The number of thiophene rings is 1. The predicted molar refractivity (Wildman–Crippen MR) is 71.9 cm³/mol. The number of hydrogen-bond donors (Lipinski definition) is 1. The number of nitrogens with one attached hydrogen (secondary N) is 1. The first-order chi connectivity index (χ1) is 7.86. The highest BCUT2D eigenvalue weighted by atomic mass is 32.1. The highest BCUT2D eigenvalue weighted by Gasteiger charge is 2.07. The standard InChI is InChI=1S/C13H20N2S/c1-12(13-5-3-11-16-13)4-2-8-15-9-6-14-7-10-15/h3-5,11,14H,2,6-10H2,1H3/b12-4+. The molecule has 1 aromatic rings. The summed E-state index contributed by atoms with van der Waals surface area (Å²) in [4.78, 5) is 3.94. The highest BCUT2D eigenvalue weighted by molar-refractivity contribution is 7.11. The maximum Gasteiger partial charge on any atom is 0.0296 e. The first kappa shape index (κ1) is 11.8. The Balaban J connectivity index is 1.76. The highest BCUT2D eigenvalue weighted by Crippen LogP contribution is 2.19. The Morgan fingerprint density at radius 1 is 1.50 bits per heavy atom. The van der Waals surface area contributed by atoms with Crippen LogP contribution >= 0.6 is 11.3 Å². The minimum Gasteiger partial charge on any atom is -0.314 e. The molecule has 0 unspecified atom stereocenters. The molecule has 16 heavy (non-hydrogen) atoms. The average Bonchev–Trinajstić information content (AvgIpc) is 2.84. The van der Waals surface area contributed by atoms with Gasteiger partial charge in [0, 0.05) is 37.6 Å². The summed E-state index contributed by atoms with van der Waals surface area (Å²) in [5.74, 6) is 0. The molecule has 0 radical (unpaired) electrons. The predicted octanol–water partition coefficient (Wildman–Crippen LogP) is 2.45. The van der Waals surface area contributed by atoms with E-state index in [-0.39, 0.29) is 0 Å². The summed E-state index contributed by atoms with van der Waals surface area (Å²) in [6.07, 6.45) is 3.54. The number of nitrogens with zero attached hydrogens (tertiary/aromatic N) is 1. The third kappa shape index (κ3) is 3.44. The Bertz CT molecular complexity index is 324. The molecule has 1 N–H and O–H groups in total. The molecule has 0 aromatic carbocycles. The summed E-state index contributed by atoms with van der Waals surface area (Å²) < 4.78 is 0. The summed E-state index contributed by atoms with van der Waals surface area (Å²) in [6.45, 7) is 8.10. The Kier molecular flexibility index (Phi) is 4.57. The monoisotopic (exact) mass is 236 g/mol. The minimum atomic E-state index is 1.15. The molecule has 0 saturated carbocycles. The quantitative estimate of drug-likeness (QED) is 0.864. The maximum absolute atomic E-state index is 3.38. The van der Waals surface area contributed by atoms with Crippen LogP contribution < -0.4 is 5.32 Å². The molecule has 2 rings (SSSR count). The third-order valence-electron chi connectivity index (χ3n) is 3.02. The van der Waals surface area contributed by atoms with Gasteiger partial charge in [0.05, 0.1) is 0 Å². The van der Waals surface area contributed by atoms with Crippen molar-refractivity contribution in [3.05, 3.63) is 28.5 Å². The molecular formula is C13H20N2S. The van der Waals surface area contributed by atoms with E-state index in [9.17, 15) is 0 Å². The summed E-state index contributed by atoms with van der Waals surface area (Å²) in [6, 6.07) is 4.31. The van der Waals surface area contributed by atoms with Crippen molar-refractivity contribution in [2.24, 2.45) is 0 Å². The van der Waals surface area contributed by atoms with Gasteiger partial charge in [0.15, 0.2) is 0 Å². The van der Waals surface area contributed by atoms with Crippen LogP contribution in [0.25, 0.3) is 5.57 Å². The van der Waals surface area contributed by atoms with E-state index in [1.54, 1.807) is 0 Å². The van der Waals surface area contributed by atoms with Gasteiger partial charge in [-0.05, 0) is 30.4 Å². The zero-order chi connectivity index (χ0) is 11.2. The van der Waals surface area contributed by atoms with E-state index in [1.807, 2.05) is 11.3 Å². The SMILES string of the molecule is C/C(=C\CCN1CCNCC1)c1cccs1. The van der Waals surface area contributed by atoms with Crippen molar-refractivity contribution in [3.8, 4) is 0 Å². The lowest BCUT2D eigenvalue weighted by Gasteiger charge is -2.26. The second-order valence-corrected chi connectivity index (χ2v) is 5.19. The summed E-state index contributed by atoms with van der Waals surface area (Å²) in [5.41, 5.74) is 1.42. The molecule has 1 aliphatic heterocycles. The summed E-state index contributed by atoms with van der Waals surface area (Å²) in [7, 11) is 0. The normalized spacial score (nSPS) is 18.9. The van der Waals surface area contributed by atoms with E-state index in [0.29, 0.717) is 0 Å². The molecule has 0 aliphatic carbocycles. The van der Waals surface area contributed by atoms with E-state index >= 15 is 0 Å². The topological polar surface area (TPSA) is 15.3 Å². The van der Waals surface area contributed by atoms with Crippen molar-refractivity contribution >= 4 is 16.9 Å². The Hall–Kier alpha value is -0.640. The minimum absolute atomic E-state index is 1.15. The van der Waals surface area contributed by atoms with Crippen LogP contribution in [-0.4, -0.2) is 37.6 Å². The van der Waals surface area contributed by atoms with Crippen LogP contribution in [0.5, 0.6) is 0 Å². The van der Waals surface area contributed by atoms with Crippen LogP contribution in [0.1, 0.15) is 18.2 Å². The Morgan fingerprint density at radius 3 is 3.00 bits per heavy atom. The van der Waals surface area contributed by atoms with Crippen molar-refractivity contribution < 1.29 is 0 Å². The van der Waals surface area contributed by atoms with Crippen LogP contribution in [0.2, 0.25) is 0 Å². The van der Waals surface area contributed by atoms with Crippen LogP contribution in [0.15, 0.2) is 23.6 Å². The maximum atomic E-state index is 3.38. The van der Waals surface area contributed by atoms with Crippen LogP contribution in [0.4, 0.5) is 0 Å². The van der Waals surface area contributed by atoms with Crippen LogP contribution in [0.3, 0.4) is 0 Å². The van der Waals surface area contributed by atoms with Crippen LogP contribution in [-0.2, 0) is 0 Å². The Morgan fingerprint density at radius 2 is 2.31 bits per heavy atom. The van der Waals surface area contributed by atoms with Gasteiger partial charge in [-0.3, -0.25) is 0 Å². The molecule has 88 valence electrons. The van der Waals surface area contributed by atoms with Crippen molar-refractivity contribution in [1.82, 2.24) is 10.2 Å². The van der Waals surface area contributed by atoms with Gasteiger partial charge in [-0.2, -0.15) is 0 Å². The largest absolute Gasteiger partial charge is 0.314 e. The molecule has 2 heterocycles. The molecule has 2 nitrogen and oxygen atoms in total. The molecule has 0 spiro atoms. The lowest BCUT2D eigenvalue weighted by atomic mass is 10.2. The average molecular weight is 236 g/mol. The molecule has 0 amide bonds. The van der Waals surface area contributed by atoms with E-state index in [2.05, 4.69) is 40.7 Å². The summed E-state index contributed by atoms with van der Waals surface area (Å²) >= 11 is 1.83. The molecule has 3 heteroatoms. The Labute approximate surface area is 102 Å². The van der Waals surface area contributed by atoms with E-state index in [4.69, 9.17) is 0 Å². The van der Waals surface area contributed by atoms with Crippen molar-refractivity contribution in [1.29, 1.82) is 0 Å². The van der Waals surface area contributed by atoms with Gasteiger partial charge in [0.1, 0.15) is 0 Å². The third-order valence-corrected chi connectivity index (χ3v) is 4.02. The molecule has 0 bridgehead atoms. The number of rotatable bonds is 4. The molecular weight excluding hydrogens is 216 g/mol. The first-order valence-corrected chi connectivity index (χ1v) is 6.88. The first-order valence-electron chi connectivity index (χ1n) is 6.00. The molecule has 1 aromatic heterocycles. The van der Waals surface area contributed by atoms with Gasteiger partial charge in [-0.25, -0.2) is 0 Å². The van der Waals surface area contributed by atoms with E-state index in [0.717, 1.165) is 13.1 Å². The van der Waals surface area contributed by atoms with Gasteiger partial charge >= 0.3 is 0 Å². The van der Waals surface area contributed by atoms with Gasteiger partial charge in [0.25, 0.3) is 0 Å². The van der Waals surface area contributed by atoms with Crippen LogP contribution in [0, 0.1) is 0 Å². The molecule has 1 aliphatic rings. The van der Waals surface area contributed by atoms with Crippen molar-refractivity contribution in [2.45, 2.75) is 13.3 Å². The fraction of sp³-hybridized carbons (Fsp3) is 0.538. The molecule has 0 atom stereocenters. The second kappa shape index (κ2) is 6.18. The van der Waals surface area contributed by atoms with Crippen molar-refractivity contribution in [3.63, 3.8) is 0 Å². The number of piperazine rings is 1. The van der Waals surface area contributed by atoms with Gasteiger partial charge in [-0.15, -0.1) is 11.3 Å². The number of allylic oxidation sites excluding steroid dienone is 1. The summed E-state index contributed by atoms with van der Waals surface area (Å²) in [5, 5.41) is 5.52. The van der Waals surface area contributed by atoms with Gasteiger partial charge < -0.3 is 10.2 Å².